The number of nitrogens with one attached hydrogen (secondary N) is 1. The van der Waals surface area contributed by atoms with Gasteiger partial charge in [0.1, 0.15) is 0 Å². The SMILES string of the molecule is CC(C)CNCC(O)C(Cc1ccccc1)N=[N+]=[N-]. The van der Waals surface area contributed by atoms with E-state index < -0.39 is 12.1 Å². The smallest absolute Gasteiger partial charge is 0.0752 e. The average molecular weight is 262 g/mol. The van der Waals surface area contributed by atoms with Gasteiger partial charge in [-0.1, -0.05) is 49.3 Å². The van der Waals surface area contributed by atoms with Gasteiger partial charge in [-0.15, -0.1) is 0 Å². The van der Waals surface area contributed by atoms with Crippen LogP contribution in [-0.4, -0.2) is 30.3 Å². The molecular weight excluding hydrogens is 240 g/mol. The lowest BCUT2D eigenvalue weighted by Gasteiger charge is -2.19. The number of nitrogens with zero attached hydrogens (tertiary/aromatic N) is 3. The van der Waals surface area contributed by atoms with Crippen LogP contribution in [0, 0.1) is 5.92 Å². The molecule has 5 nitrogen and oxygen atoms in total. The first-order chi connectivity index (χ1) is 9.13. The van der Waals surface area contributed by atoms with Gasteiger partial charge in [0, 0.05) is 11.5 Å². The van der Waals surface area contributed by atoms with E-state index in [1.807, 2.05) is 30.3 Å². The zero-order valence-electron chi connectivity index (χ0n) is 11.5. The molecule has 0 bridgehead atoms. The summed E-state index contributed by atoms with van der Waals surface area (Å²) in [6, 6.07) is 9.30. The fourth-order valence-electron chi connectivity index (χ4n) is 1.83. The van der Waals surface area contributed by atoms with Gasteiger partial charge in [0.25, 0.3) is 0 Å². The molecule has 0 saturated carbocycles. The van der Waals surface area contributed by atoms with Crippen LogP contribution in [0.4, 0.5) is 0 Å². The highest BCUT2D eigenvalue weighted by molar-refractivity contribution is 5.16. The number of rotatable bonds is 8. The zero-order valence-corrected chi connectivity index (χ0v) is 11.5. The summed E-state index contributed by atoms with van der Waals surface area (Å²) in [4.78, 5) is 2.83. The molecule has 2 atom stereocenters. The van der Waals surface area contributed by atoms with Crippen LogP contribution < -0.4 is 5.32 Å². The number of hydrogen-bond donors (Lipinski definition) is 2. The highest BCUT2D eigenvalue weighted by atomic mass is 16.3. The number of azide groups is 1. The van der Waals surface area contributed by atoms with Crippen molar-refractivity contribution in [3.63, 3.8) is 0 Å². The largest absolute Gasteiger partial charge is 0.391 e. The number of benzene rings is 1. The second-order valence-corrected chi connectivity index (χ2v) is 5.08. The van der Waals surface area contributed by atoms with E-state index in [-0.39, 0.29) is 0 Å². The Morgan fingerprint density at radius 2 is 1.95 bits per heavy atom. The van der Waals surface area contributed by atoms with Crippen molar-refractivity contribution in [1.29, 1.82) is 0 Å². The predicted molar refractivity (Wildman–Crippen MR) is 76.8 cm³/mol. The van der Waals surface area contributed by atoms with Gasteiger partial charge < -0.3 is 10.4 Å². The van der Waals surface area contributed by atoms with Gasteiger partial charge in [0.2, 0.25) is 0 Å². The van der Waals surface area contributed by atoms with Gasteiger partial charge in [-0.2, -0.15) is 0 Å². The van der Waals surface area contributed by atoms with E-state index in [0.29, 0.717) is 18.9 Å². The molecule has 2 N–H and O–H groups in total. The maximum absolute atomic E-state index is 10.1. The lowest BCUT2D eigenvalue weighted by molar-refractivity contribution is 0.141. The zero-order chi connectivity index (χ0) is 14.1. The van der Waals surface area contributed by atoms with Crippen molar-refractivity contribution in [2.45, 2.75) is 32.4 Å². The van der Waals surface area contributed by atoms with Crippen LogP contribution in [0.3, 0.4) is 0 Å². The van der Waals surface area contributed by atoms with Crippen LogP contribution in [-0.2, 0) is 6.42 Å². The minimum atomic E-state index is -0.671. The fraction of sp³-hybridized carbons (Fsp3) is 0.571. The second-order valence-electron chi connectivity index (χ2n) is 5.08. The molecule has 5 heteroatoms. The Labute approximate surface area is 114 Å². The van der Waals surface area contributed by atoms with Crippen molar-refractivity contribution < 1.29 is 5.11 Å². The molecule has 1 aromatic rings. The van der Waals surface area contributed by atoms with Crippen molar-refractivity contribution in [3.8, 4) is 0 Å². The van der Waals surface area contributed by atoms with Crippen molar-refractivity contribution in [3.05, 3.63) is 46.3 Å². The molecule has 0 aliphatic heterocycles. The molecule has 0 radical (unpaired) electrons. The Kier molecular flexibility index (Phi) is 6.97. The summed E-state index contributed by atoms with van der Waals surface area (Å²) in [5.74, 6) is 0.527. The van der Waals surface area contributed by atoms with E-state index >= 15 is 0 Å². The maximum Gasteiger partial charge on any atom is 0.0752 e. The molecule has 0 heterocycles. The van der Waals surface area contributed by atoms with Gasteiger partial charge in [-0.25, -0.2) is 0 Å². The average Bonchev–Trinajstić information content (AvgIpc) is 2.39. The molecule has 104 valence electrons. The molecule has 2 unspecified atom stereocenters. The van der Waals surface area contributed by atoms with Crippen molar-refractivity contribution in [2.75, 3.05) is 13.1 Å². The fourth-order valence-corrected chi connectivity index (χ4v) is 1.83. The standard InChI is InChI=1S/C14H22N4O/c1-11(2)9-16-10-14(19)13(17-18-15)8-12-6-4-3-5-7-12/h3-7,11,13-14,16,19H,8-10H2,1-2H3. The van der Waals surface area contributed by atoms with E-state index in [4.69, 9.17) is 5.53 Å². The first-order valence-electron chi connectivity index (χ1n) is 6.60. The van der Waals surface area contributed by atoms with Gasteiger partial charge in [-0.3, -0.25) is 0 Å². The third-order valence-electron chi connectivity index (χ3n) is 2.84. The Balaban J connectivity index is 2.54. The number of hydrogen-bond acceptors (Lipinski definition) is 3. The summed E-state index contributed by atoms with van der Waals surface area (Å²) in [6.07, 6.45) is -0.120. The number of aliphatic hydroxyl groups is 1. The summed E-state index contributed by atoms with van der Waals surface area (Å²) in [5, 5.41) is 17.0. The summed E-state index contributed by atoms with van der Waals surface area (Å²) < 4.78 is 0. The summed E-state index contributed by atoms with van der Waals surface area (Å²) in [7, 11) is 0. The first kappa shape index (κ1) is 15.5. The second kappa shape index (κ2) is 8.53. The lowest BCUT2D eigenvalue weighted by Crippen LogP contribution is -2.37. The topological polar surface area (TPSA) is 81.0 Å². The van der Waals surface area contributed by atoms with Crippen LogP contribution in [0.25, 0.3) is 10.4 Å². The summed E-state index contributed by atoms with van der Waals surface area (Å²) >= 11 is 0. The minimum Gasteiger partial charge on any atom is -0.391 e. The van der Waals surface area contributed by atoms with E-state index in [0.717, 1.165) is 12.1 Å². The van der Waals surface area contributed by atoms with Crippen LogP contribution in [0.1, 0.15) is 19.4 Å². The first-order valence-corrected chi connectivity index (χ1v) is 6.60. The van der Waals surface area contributed by atoms with Crippen LogP contribution in [0.5, 0.6) is 0 Å². The summed E-state index contributed by atoms with van der Waals surface area (Å²) in [5.41, 5.74) is 9.66. The van der Waals surface area contributed by atoms with E-state index in [9.17, 15) is 5.11 Å². The molecule has 1 aromatic carbocycles. The Hall–Kier alpha value is -1.55. The van der Waals surface area contributed by atoms with Crippen LogP contribution in [0.2, 0.25) is 0 Å². The lowest BCUT2D eigenvalue weighted by atomic mass is 10.0. The quantitative estimate of drug-likeness (QED) is 0.429. The molecule has 1 rings (SSSR count). The normalized spacial score (nSPS) is 13.9. The Morgan fingerprint density at radius 1 is 1.26 bits per heavy atom. The molecule has 0 spiro atoms. The summed E-state index contributed by atoms with van der Waals surface area (Å²) in [6.45, 7) is 5.49. The van der Waals surface area contributed by atoms with Crippen LogP contribution >= 0.6 is 0 Å². The molecule has 0 fully saturated rings. The van der Waals surface area contributed by atoms with Crippen molar-refractivity contribution >= 4 is 0 Å². The van der Waals surface area contributed by atoms with E-state index in [1.54, 1.807) is 0 Å². The highest BCUT2D eigenvalue weighted by Crippen LogP contribution is 2.09. The van der Waals surface area contributed by atoms with Gasteiger partial charge >= 0.3 is 0 Å². The van der Waals surface area contributed by atoms with Gasteiger partial charge in [-0.05, 0) is 30.0 Å². The number of aliphatic hydroxyl groups excluding tert-OH is 1. The third kappa shape index (κ3) is 6.25. The molecule has 0 aliphatic carbocycles. The predicted octanol–water partition coefficient (Wildman–Crippen LogP) is 2.51. The maximum atomic E-state index is 10.1. The highest BCUT2D eigenvalue weighted by Gasteiger charge is 2.18. The minimum absolute atomic E-state index is 0.438. The molecule has 0 saturated heterocycles. The molecule has 19 heavy (non-hydrogen) atoms. The van der Waals surface area contributed by atoms with Crippen molar-refractivity contribution in [2.24, 2.45) is 11.0 Å². The van der Waals surface area contributed by atoms with Crippen molar-refractivity contribution in [1.82, 2.24) is 5.32 Å². The molecular formula is C14H22N4O. The van der Waals surface area contributed by atoms with E-state index in [1.165, 1.54) is 0 Å². The monoisotopic (exact) mass is 262 g/mol. The Morgan fingerprint density at radius 3 is 2.53 bits per heavy atom. The third-order valence-corrected chi connectivity index (χ3v) is 2.84. The molecule has 0 aliphatic rings. The molecule has 0 amide bonds. The molecule has 0 aromatic heterocycles. The Bertz CT molecular complexity index is 401. The van der Waals surface area contributed by atoms with E-state index in [2.05, 4.69) is 29.2 Å². The van der Waals surface area contributed by atoms with Gasteiger partial charge in [0.15, 0.2) is 0 Å². The van der Waals surface area contributed by atoms with Crippen LogP contribution in [0.15, 0.2) is 35.4 Å². The van der Waals surface area contributed by atoms with Gasteiger partial charge in [0.05, 0.1) is 12.1 Å².